The SMILES string of the molecule is Cc1cc2c(=O)n(CC(=O)N(C)c3ccc4c(c3)OC(F)(F)O4)nc(-c3cc(Cl)cc(C#N)c3)c2o1. The molecule has 2 aromatic carbocycles. The van der Waals surface area contributed by atoms with E-state index in [4.69, 9.17) is 16.0 Å². The van der Waals surface area contributed by atoms with Crippen LogP contribution in [0, 0.1) is 18.3 Å². The van der Waals surface area contributed by atoms with Crippen molar-refractivity contribution in [3.05, 3.63) is 69.2 Å². The number of carbonyl (C=O) groups is 1. The molecule has 2 aromatic heterocycles. The number of halogens is 3. The van der Waals surface area contributed by atoms with Gasteiger partial charge in [0.2, 0.25) is 5.91 Å². The monoisotopic (exact) mass is 512 g/mol. The number of alkyl halides is 2. The molecule has 0 radical (unpaired) electrons. The van der Waals surface area contributed by atoms with E-state index < -0.39 is 24.3 Å². The smallest absolute Gasteiger partial charge is 0.459 e. The second-order valence-corrected chi connectivity index (χ2v) is 8.44. The van der Waals surface area contributed by atoms with Crippen molar-refractivity contribution in [1.29, 1.82) is 5.26 Å². The number of ether oxygens (including phenoxy) is 2. The number of nitrogens with zero attached hydrogens (tertiary/aromatic N) is 4. The number of aromatic nitrogens is 2. The number of nitriles is 1. The maximum Gasteiger partial charge on any atom is 0.586 e. The summed E-state index contributed by atoms with van der Waals surface area (Å²) in [5.74, 6) is -0.499. The third-order valence-corrected chi connectivity index (χ3v) is 5.71. The first-order valence-electron chi connectivity index (χ1n) is 10.4. The molecule has 0 N–H and O–H groups in total. The summed E-state index contributed by atoms with van der Waals surface area (Å²) in [4.78, 5) is 27.3. The van der Waals surface area contributed by atoms with E-state index in [0.717, 1.165) is 4.68 Å². The molecular weight excluding hydrogens is 498 g/mol. The van der Waals surface area contributed by atoms with Crippen LogP contribution in [0.1, 0.15) is 11.3 Å². The highest BCUT2D eigenvalue weighted by Gasteiger charge is 2.43. The average Bonchev–Trinajstić information content (AvgIpc) is 3.37. The molecule has 1 aliphatic rings. The summed E-state index contributed by atoms with van der Waals surface area (Å²) in [7, 11) is 1.42. The highest BCUT2D eigenvalue weighted by molar-refractivity contribution is 6.31. The molecule has 0 bridgehead atoms. The highest BCUT2D eigenvalue weighted by Crippen LogP contribution is 2.42. The minimum atomic E-state index is -3.79. The predicted molar refractivity (Wildman–Crippen MR) is 124 cm³/mol. The number of hydrogen-bond donors (Lipinski definition) is 0. The summed E-state index contributed by atoms with van der Waals surface area (Å²) < 4.78 is 42.2. The second-order valence-electron chi connectivity index (χ2n) is 8.00. The molecule has 0 saturated carbocycles. The number of amides is 1. The van der Waals surface area contributed by atoms with Crippen molar-refractivity contribution in [1.82, 2.24) is 9.78 Å². The van der Waals surface area contributed by atoms with Crippen LogP contribution in [-0.2, 0) is 11.3 Å². The minimum Gasteiger partial charge on any atom is -0.459 e. The standard InChI is InChI=1S/C24H15ClF2N4O5/c1-12-5-17-22(34-12)21(14-6-13(10-28)7-15(25)8-14)29-31(23(17)33)11-20(32)30(2)16-3-4-18-19(9-16)36-24(26,27)35-18/h3-9H,11H2,1-2H3. The van der Waals surface area contributed by atoms with E-state index in [0.29, 0.717) is 11.3 Å². The third-order valence-electron chi connectivity index (χ3n) is 5.49. The van der Waals surface area contributed by atoms with Gasteiger partial charge in [0.1, 0.15) is 18.0 Å². The van der Waals surface area contributed by atoms with Crippen molar-refractivity contribution >= 4 is 34.2 Å². The van der Waals surface area contributed by atoms with E-state index in [1.165, 1.54) is 48.3 Å². The summed E-state index contributed by atoms with van der Waals surface area (Å²) in [6, 6.07) is 12.0. The van der Waals surface area contributed by atoms with Crippen LogP contribution in [0.3, 0.4) is 0 Å². The average molecular weight is 513 g/mol. The second kappa shape index (κ2) is 8.35. The van der Waals surface area contributed by atoms with E-state index in [9.17, 15) is 23.6 Å². The van der Waals surface area contributed by atoms with Crippen LogP contribution in [0.5, 0.6) is 11.5 Å². The van der Waals surface area contributed by atoms with Crippen molar-refractivity contribution in [3.8, 4) is 28.8 Å². The molecule has 12 heteroatoms. The largest absolute Gasteiger partial charge is 0.586 e. The lowest BCUT2D eigenvalue weighted by atomic mass is 10.1. The lowest BCUT2D eigenvalue weighted by Gasteiger charge is -2.18. The molecule has 0 aliphatic carbocycles. The van der Waals surface area contributed by atoms with Gasteiger partial charge in [-0.15, -0.1) is 8.78 Å². The topological polar surface area (TPSA) is 111 Å². The van der Waals surface area contributed by atoms with Crippen LogP contribution in [-0.4, -0.2) is 29.0 Å². The van der Waals surface area contributed by atoms with E-state index in [-0.39, 0.29) is 44.4 Å². The summed E-state index contributed by atoms with van der Waals surface area (Å²) in [6.45, 7) is 1.19. The number of anilines is 1. The fraction of sp³-hybridized carbons (Fsp3) is 0.167. The molecular formula is C24H15ClF2N4O5. The number of aryl methyl sites for hydroxylation is 1. The molecule has 0 spiro atoms. The van der Waals surface area contributed by atoms with Crippen LogP contribution in [0.4, 0.5) is 14.5 Å². The molecule has 4 aromatic rings. The Balaban J connectivity index is 1.52. The Kier molecular flexibility index (Phi) is 5.41. The van der Waals surface area contributed by atoms with Crippen LogP contribution in [0.25, 0.3) is 22.2 Å². The molecule has 5 rings (SSSR count). The highest BCUT2D eigenvalue weighted by atomic mass is 35.5. The maximum absolute atomic E-state index is 13.3. The lowest BCUT2D eigenvalue weighted by Crippen LogP contribution is -2.35. The lowest BCUT2D eigenvalue weighted by molar-refractivity contribution is -0.286. The predicted octanol–water partition coefficient (Wildman–Crippen LogP) is 4.47. The summed E-state index contributed by atoms with van der Waals surface area (Å²) >= 11 is 6.15. The molecule has 182 valence electrons. The Morgan fingerprint density at radius 3 is 2.69 bits per heavy atom. The van der Waals surface area contributed by atoms with E-state index >= 15 is 0 Å². The van der Waals surface area contributed by atoms with Crippen LogP contribution < -0.4 is 19.9 Å². The van der Waals surface area contributed by atoms with Crippen molar-refractivity contribution in [2.24, 2.45) is 0 Å². The zero-order valence-corrected chi connectivity index (χ0v) is 19.5. The number of carbonyl (C=O) groups excluding carboxylic acids is 1. The van der Waals surface area contributed by atoms with Gasteiger partial charge in [-0.05, 0) is 43.3 Å². The van der Waals surface area contributed by atoms with E-state index in [1.54, 1.807) is 13.0 Å². The normalized spacial score (nSPS) is 13.6. The van der Waals surface area contributed by atoms with Crippen molar-refractivity contribution < 1.29 is 27.5 Å². The van der Waals surface area contributed by atoms with E-state index in [1.807, 2.05) is 6.07 Å². The number of fused-ring (bicyclic) bond motifs is 2. The molecule has 0 atom stereocenters. The molecule has 0 saturated heterocycles. The first-order valence-corrected chi connectivity index (χ1v) is 10.8. The first-order chi connectivity index (χ1) is 17.0. The maximum atomic E-state index is 13.3. The van der Waals surface area contributed by atoms with Crippen LogP contribution in [0.2, 0.25) is 5.02 Å². The quantitative estimate of drug-likeness (QED) is 0.396. The minimum absolute atomic E-state index is 0.161. The molecule has 0 unspecified atom stereocenters. The Hall–Kier alpha value is -4.43. The molecule has 9 nitrogen and oxygen atoms in total. The fourth-order valence-corrected chi connectivity index (χ4v) is 4.05. The van der Waals surface area contributed by atoms with Gasteiger partial charge < -0.3 is 18.8 Å². The van der Waals surface area contributed by atoms with Crippen molar-refractivity contribution in [2.75, 3.05) is 11.9 Å². The number of furan rings is 1. The molecule has 36 heavy (non-hydrogen) atoms. The Labute approximate surface area is 206 Å². The van der Waals surface area contributed by atoms with Crippen molar-refractivity contribution in [3.63, 3.8) is 0 Å². The van der Waals surface area contributed by atoms with Crippen LogP contribution in [0.15, 0.2) is 51.7 Å². The van der Waals surface area contributed by atoms with Gasteiger partial charge >= 0.3 is 6.29 Å². The zero-order chi connectivity index (χ0) is 25.8. The summed E-state index contributed by atoms with van der Waals surface area (Å²) in [5, 5.41) is 14.1. The van der Waals surface area contributed by atoms with Gasteiger partial charge in [0.05, 0.1) is 17.0 Å². The van der Waals surface area contributed by atoms with Gasteiger partial charge in [0.15, 0.2) is 17.1 Å². The molecule has 3 heterocycles. The number of benzene rings is 2. The summed E-state index contributed by atoms with van der Waals surface area (Å²) in [5.41, 5.74) is 0.777. The molecule has 1 aliphatic heterocycles. The number of hydrogen-bond acceptors (Lipinski definition) is 7. The third kappa shape index (κ3) is 4.12. The van der Waals surface area contributed by atoms with Crippen LogP contribution >= 0.6 is 11.6 Å². The van der Waals surface area contributed by atoms with Gasteiger partial charge in [-0.2, -0.15) is 10.4 Å². The molecule has 1 amide bonds. The zero-order valence-electron chi connectivity index (χ0n) is 18.7. The van der Waals surface area contributed by atoms with Gasteiger partial charge in [0.25, 0.3) is 5.56 Å². The van der Waals surface area contributed by atoms with Crippen molar-refractivity contribution in [2.45, 2.75) is 19.8 Å². The Morgan fingerprint density at radius 2 is 1.94 bits per heavy atom. The number of likely N-dealkylation sites (N-methyl/N-ethyl adjacent to an activating group) is 1. The van der Waals surface area contributed by atoms with E-state index in [2.05, 4.69) is 14.6 Å². The Bertz CT molecular complexity index is 1660. The number of rotatable bonds is 4. The summed E-state index contributed by atoms with van der Waals surface area (Å²) in [6.07, 6.45) is -3.79. The molecule has 0 fully saturated rings. The first kappa shape index (κ1) is 23.3. The Morgan fingerprint density at radius 1 is 1.19 bits per heavy atom. The van der Waals surface area contributed by atoms with Gasteiger partial charge in [-0.25, -0.2) is 4.68 Å². The van der Waals surface area contributed by atoms with Gasteiger partial charge in [-0.3, -0.25) is 9.59 Å². The fourth-order valence-electron chi connectivity index (χ4n) is 3.81. The van der Waals surface area contributed by atoms with Gasteiger partial charge in [-0.1, -0.05) is 11.6 Å². The van der Waals surface area contributed by atoms with Gasteiger partial charge in [0, 0.05) is 29.4 Å².